The molecular formula is C22H16F2N4O. The zero-order valence-electron chi connectivity index (χ0n) is 15.2. The van der Waals surface area contributed by atoms with Gasteiger partial charge >= 0.3 is 0 Å². The molecule has 0 bridgehead atoms. The van der Waals surface area contributed by atoms with E-state index in [1.54, 1.807) is 59.7 Å². The monoisotopic (exact) mass is 390 g/mol. The van der Waals surface area contributed by atoms with Crippen LogP contribution >= 0.6 is 0 Å². The van der Waals surface area contributed by atoms with Gasteiger partial charge in [-0.25, -0.2) is 13.5 Å². The maximum absolute atomic E-state index is 14.2. The minimum absolute atomic E-state index is 0.326. The molecule has 0 saturated carbocycles. The van der Waals surface area contributed by atoms with Crippen molar-refractivity contribution in [2.45, 2.75) is 5.60 Å². The number of aromatic amines is 1. The third-order valence-electron chi connectivity index (χ3n) is 5.19. The highest BCUT2D eigenvalue weighted by Gasteiger charge is 2.35. The largest absolute Gasteiger partial charge is 0.377 e. The minimum Gasteiger partial charge on any atom is -0.377 e. The lowest BCUT2D eigenvalue weighted by Gasteiger charge is -2.25. The number of hydrogen-bond donors (Lipinski definition) is 2. The Hall–Kier alpha value is -3.58. The Morgan fingerprint density at radius 1 is 1.10 bits per heavy atom. The minimum atomic E-state index is -1.85. The number of nitrogens with zero attached hydrogens (tertiary/aromatic N) is 3. The predicted molar refractivity (Wildman–Crippen MR) is 106 cm³/mol. The number of aliphatic hydroxyl groups is 1. The summed E-state index contributed by atoms with van der Waals surface area (Å²) in [6.45, 7) is -1.01. The molecule has 29 heavy (non-hydrogen) atoms. The van der Waals surface area contributed by atoms with Crippen molar-refractivity contribution >= 4 is 21.9 Å². The van der Waals surface area contributed by atoms with E-state index >= 15 is 0 Å². The molecule has 0 aliphatic rings. The van der Waals surface area contributed by atoms with Crippen molar-refractivity contribution in [3.05, 3.63) is 90.1 Å². The number of alkyl halides is 1. The summed E-state index contributed by atoms with van der Waals surface area (Å²) >= 11 is 0. The summed E-state index contributed by atoms with van der Waals surface area (Å²) < 4.78 is 29.1. The molecule has 3 aromatic heterocycles. The van der Waals surface area contributed by atoms with Crippen molar-refractivity contribution in [3.8, 4) is 5.69 Å². The highest BCUT2D eigenvalue weighted by Crippen LogP contribution is 2.35. The summed E-state index contributed by atoms with van der Waals surface area (Å²) in [7, 11) is 0. The second kappa shape index (κ2) is 6.49. The molecule has 5 aromatic rings. The summed E-state index contributed by atoms with van der Waals surface area (Å²) in [4.78, 5) is 7.32. The quantitative estimate of drug-likeness (QED) is 0.482. The third kappa shape index (κ3) is 2.70. The summed E-state index contributed by atoms with van der Waals surface area (Å²) in [5.41, 5.74) is 1.64. The van der Waals surface area contributed by atoms with E-state index in [0.29, 0.717) is 22.3 Å². The van der Waals surface area contributed by atoms with Gasteiger partial charge in [-0.1, -0.05) is 6.07 Å². The number of H-pyrrole nitrogens is 1. The van der Waals surface area contributed by atoms with Gasteiger partial charge in [0.2, 0.25) is 0 Å². The lowest BCUT2D eigenvalue weighted by Crippen LogP contribution is -2.29. The standard InChI is InChI=1S/C22H16F2N4O/c23-13-22(29,18-12-26-19-2-1-9-25-21(18)19)15-3-8-20-14(10-15)11-27-28(20)17-6-4-16(24)5-7-17/h1-12,26,29H,13H2. The van der Waals surface area contributed by atoms with Gasteiger partial charge in [-0.15, -0.1) is 0 Å². The van der Waals surface area contributed by atoms with Gasteiger partial charge in [-0.2, -0.15) is 5.10 Å². The van der Waals surface area contributed by atoms with Gasteiger partial charge in [-0.3, -0.25) is 4.98 Å². The molecule has 0 radical (unpaired) electrons. The number of nitrogens with one attached hydrogen (secondary N) is 1. The van der Waals surface area contributed by atoms with Gasteiger partial charge in [0.15, 0.2) is 0 Å². The molecule has 2 aromatic carbocycles. The summed E-state index contributed by atoms with van der Waals surface area (Å²) in [6, 6.07) is 14.7. The molecule has 144 valence electrons. The molecule has 7 heteroatoms. The maximum Gasteiger partial charge on any atom is 0.146 e. The van der Waals surface area contributed by atoms with Crippen molar-refractivity contribution < 1.29 is 13.9 Å². The van der Waals surface area contributed by atoms with Gasteiger partial charge < -0.3 is 10.1 Å². The lowest BCUT2D eigenvalue weighted by molar-refractivity contribution is 0.0532. The highest BCUT2D eigenvalue weighted by atomic mass is 19.1. The fourth-order valence-electron chi connectivity index (χ4n) is 3.65. The van der Waals surface area contributed by atoms with Crippen LogP contribution in [0, 0.1) is 5.82 Å². The Morgan fingerprint density at radius 2 is 1.93 bits per heavy atom. The fraction of sp³-hybridized carbons (Fsp3) is 0.0909. The van der Waals surface area contributed by atoms with Crippen molar-refractivity contribution in [3.63, 3.8) is 0 Å². The number of hydrogen-bond acceptors (Lipinski definition) is 3. The maximum atomic E-state index is 14.2. The van der Waals surface area contributed by atoms with Crippen LogP contribution in [0.1, 0.15) is 11.1 Å². The zero-order chi connectivity index (χ0) is 20.0. The van der Waals surface area contributed by atoms with Gasteiger partial charge in [0.25, 0.3) is 0 Å². The van der Waals surface area contributed by atoms with E-state index in [-0.39, 0.29) is 5.82 Å². The average molecular weight is 390 g/mol. The second-order valence-corrected chi connectivity index (χ2v) is 6.90. The van der Waals surface area contributed by atoms with Crippen LogP contribution in [0.3, 0.4) is 0 Å². The Kier molecular flexibility index (Phi) is 3.92. The smallest absolute Gasteiger partial charge is 0.146 e. The van der Waals surface area contributed by atoms with Gasteiger partial charge in [0, 0.05) is 23.3 Å². The van der Waals surface area contributed by atoms with Crippen LogP contribution in [0.25, 0.3) is 27.6 Å². The SMILES string of the molecule is OC(CF)(c1ccc2c(cnn2-c2ccc(F)cc2)c1)c1c[nH]c2cccnc12. The predicted octanol–water partition coefficient (Wildman–Crippen LogP) is 4.25. The fourth-order valence-corrected chi connectivity index (χ4v) is 3.65. The number of benzene rings is 2. The van der Waals surface area contributed by atoms with E-state index in [2.05, 4.69) is 15.1 Å². The van der Waals surface area contributed by atoms with E-state index in [1.807, 2.05) is 6.07 Å². The molecule has 0 aliphatic heterocycles. The van der Waals surface area contributed by atoms with Gasteiger partial charge in [-0.05, 0) is 54.1 Å². The van der Waals surface area contributed by atoms with Crippen molar-refractivity contribution in [2.75, 3.05) is 6.67 Å². The van der Waals surface area contributed by atoms with E-state index in [1.165, 1.54) is 12.1 Å². The molecule has 1 atom stereocenters. The molecule has 0 amide bonds. The molecule has 2 N–H and O–H groups in total. The molecule has 3 heterocycles. The Morgan fingerprint density at radius 3 is 2.72 bits per heavy atom. The van der Waals surface area contributed by atoms with Crippen LogP contribution < -0.4 is 0 Å². The van der Waals surface area contributed by atoms with Crippen LogP contribution in [0.15, 0.2) is 73.2 Å². The second-order valence-electron chi connectivity index (χ2n) is 6.90. The molecule has 0 fully saturated rings. The molecule has 1 unspecified atom stereocenters. The van der Waals surface area contributed by atoms with E-state index in [4.69, 9.17) is 0 Å². The van der Waals surface area contributed by atoms with Crippen molar-refractivity contribution in [1.29, 1.82) is 0 Å². The summed E-state index contributed by atoms with van der Waals surface area (Å²) in [5, 5.41) is 16.3. The normalized spacial score (nSPS) is 13.8. The number of fused-ring (bicyclic) bond motifs is 2. The number of pyridine rings is 1. The number of halogens is 2. The highest BCUT2D eigenvalue weighted by molar-refractivity contribution is 5.83. The van der Waals surface area contributed by atoms with E-state index in [9.17, 15) is 13.9 Å². The molecule has 5 nitrogen and oxygen atoms in total. The summed E-state index contributed by atoms with van der Waals surface area (Å²) in [6.07, 6.45) is 4.83. The van der Waals surface area contributed by atoms with Crippen LogP contribution in [0.2, 0.25) is 0 Å². The third-order valence-corrected chi connectivity index (χ3v) is 5.19. The topological polar surface area (TPSA) is 66.7 Å². The summed E-state index contributed by atoms with van der Waals surface area (Å²) in [5.74, 6) is -0.326. The number of aromatic nitrogens is 4. The van der Waals surface area contributed by atoms with E-state index in [0.717, 1.165) is 16.4 Å². The van der Waals surface area contributed by atoms with Gasteiger partial charge in [0.05, 0.1) is 28.4 Å². The van der Waals surface area contributed by atoms with Crippen LogP contribution in [-0.2, 0) is 5.60 Å². The molecule has 0 aliphatic carbocycles. The van der Waals surface area contributed by atoms with Crippen LogP contribution in [0.5, 0.6) is 0 Å². The first-order valence-electron chi connectivity index (χ1n) is 9.05. The molecule has 5 rings (SSSR count). The Bertz CT molecular complexity index is 1330. The van der Waals surface area contributed by atoms with E-state index < -0.39 is 12.3 Å². The average Bonchev–Trinajstić information content (AvgIpc) is 3.38. The molecule has 0 saturated heterocycles. The Balaban J connectivity index is 1.63. The Labute approximate surface area is 164 Å². The van der Waals surface area contributed by atoms with Gasteiger partial charge in [0.1, 0.15) is 18.1 Å². The first-order chi connectivity index (χ1) is 14.1. The van der Waals surface area contributed by atoms with Crippen LogP contribution in [0.4, 0.5) is 8.78 Å². The van der Waals surface area contributed by atoms with Crippen molar-refractivity contribution in [2.24, 2.45) is 0 Å². The zero-order valence-corrected chi connectivity index (χ0v) is 15.2. The molecular weight excluding hydrogens is 374 g/mol. The number of rotatable bonds is 4. The first-order valence-corrected chi connectivity index (χ1v) is 9.05. The molecule has 0 spiro atoms. The van der Waals surface area contributed by atoms with Crippen LogP contribution in [-0.4, -0.2) is 31.5 Å². The first kappa shape index (κ1) is 17.5. The van der Waals surface area contributed by atoms with Crippen molar-refractivity contribution in [1.82, 2.24) is 19.7 Å². The lowest BCUT2D eigenvalue weighted by atomic mass is 9.88.